The first-order valence-electron chi connectivity index (χ1n) is 7.50. The fourth-order valence-corrected chi connectivity index (χ4v) is 3.24. The molecule has 1 fully saturated rings. The number of aliphatic hydroxyl groups is 1. The van der Waals surface area contributed by atoms with E-state index in [0.29, 0.717) is 18.4 Å². The van der Waals surface area contributed by atoms with E-state index in [-0.39, 0.29) is 0 Å². The molecule has 2 aliphatic rings. The third kappa shape index (κ3) is 9.39. The number of rotatable bonds is 4. The van der Waals surface area contributed by atoms with Crippen LogP contribution in [0, 0.1) is 5.92 Å². The summed E-state index contributed by atoms with van der Waals surface area (Å²) in [5.74, 6) is 0.851. The predicted molar refractivity (Wildman–Crippen MR) is 87.3 cm³/mol. The fraction of sp³-hybridized carbons (Fsp3) is 0.800. The van der Waals surface area contributed by atoms with E-state index < -0.39 is 0 Å². The molecule has 1 aliphatic heterocycles. The van der Waals surface area contributed by atoms with Crippen molar-refractivity contribution in [2.75, 3.05) is 13.7 Å². The van der Waals surface area contributed by atoms with E-state index in [1.165, 1.54) is 39.2 Å². The number of aliphatic hydroxyl groups excluding tert-OH is 1. The summed E-state index contributed by atoms with van der Waals surface area (Å²) in [6, 6.07) is 0. The first-order chi connectivity index (χ1) is 9.76. The maximum absolute atomic E-state index is 9.99. The molecule has 4 N–H and O–H groups in total. The number of carbonyl (C=O) groups is 1. The summed E-state index contributed by atoms with van der Waals surface area (Å²) in [6.07, 6.45) is 11.4. The zero-order chi connectivity index (χ0) is 15.2. The Morgan fingerprint density at radius 3 is 2.50 bits per heavy atom. The molecule has 1 aliphatic carbocycles. The molecule has 0 saturated heterocycles. The van der Waals surface area contributed by atoms with Crippen molar-refractivity contribution in [2.45, 2.75) is 57.2 Å². The Hall–Kier alpha value is -0.520. The number of allylic oxidation sites excluding steroid dienone is 1. The van der Waals surface area contributed by atoms with Gasteiger partial charge in [0.25, 0.3) is 0 Å². The predicted octanol–water partition coefficient (Wildman–Crippen LogP) is 2.62. The van der Waals surface area contributed by atoms with Gasteiger partial charge in [-0.1, -0.05) is 32.1 Å². The van der Waals surface area contributed by atoms with E-state index in [0.717, 1.165) is 23.5 Å². The van der Waals surface area contributed by atoms with Gasteiger partial charge in [0, 0.05) is 24.1 Å². The second-order valence-corrected chi connectivity index (χ2v) is 6.39. The second-order valence-electron chi connectivity index (χ2n) is 4.92. The topological polar surface area (TPSA) is 75.4 Å². The van der Waals surface area contributed by atoms with Crippen LogP contribution in [0.3, 0.4) is 0 Å². The molecule has 118 valence electrons. The second kappa shape index (κ2) is 13.5. The van der Waals surface area contributed by atoms with Crippen molar-refractivity contribution in [3.8, 4) is 0 Å². The molecular formula is C15H30N2O2S. The molecule has 0 radical (unpaired) electrons. The zero-order valence-electron chi connectivity index (χ0n) is 12.8. The number of hydrogen-bond donors (Lipinski definition) is 3. The summed E-state index contributed by atoms with van der Waals surface area (Å²) in [5.41, 5.74) is 4.50. The van der Waals surface area contributed by atoms with Gasteiger partial charge in [-0.05, 0) is 26.3 Å². The van der Waals surface area contributed by atoms with Crippen LogP contribution in [-0.4, -0.2) is 30.4 Å². The molecule has 0 amide bonds. The van der Waals surface area contributed by atoms with E-state index in [1.807, 2.05) is 6.20 Å². The highest BCUT2D eigenvalue weighted by Gasteiger charge is 2.11. The van der Waals surface area contributed by atoms with Gasteiger partial charge >= 0.3 is 0 Å². The summed E-state index contributed by atoms with van der Waals surface area (Å²) < 4.78 is 0. The van der Waals surface area contributed by atoms with E-state index in [2.05, 4.69) is 18.0 Å². The molecule has 1 unspecified atom stereocenters. The average molecular weight is 302 g/mol. The molecule has 5 heteroatoms. The van der Waals surface area contributed by atoms with Crippen molar-refractivity contribution in [1.29, 1.82) is 0 Å². The number of nitrogens with one attached hydrogen (secondary N) is 1. The molecule has 1 saturated carbocycles. The van der Waals surface area contributed by atoms with E-state index >= 15 is 0 Å². The van der Waals surface area contributed by atoms with Gasteiger partial charge in [-0.25, -0.2) is 0 Å². The minimum absolute atomic E-state index is 0.394. The Labute approximate surface area is 127 Å². The molecule has 0 aromatic heterocycles. The fourth-order valence-electron chi connectivity index (χ4n) is 2.35. The Morgan fingerprint density at radius 1 is 1.40 bits per heavy atom. The van der Waals surface area contributed by atoms with Crippen LogP contribution in [0.25, 0.3) is 0 Å². The van der Waals surface area contributed by atoms with Gasteiger partial charge in [-0.2, -0.15) is 0 Å². The number of thioether (sulfide) groups is 1. The summed E-state index contributed by atoms with van der Waals surface area (Å²) in [4.78, 5) is 11.1. The van der Waals surface area contributed by atoms with Crippen LogP contribution in [0.1, 0.15) is 51.9 Å². The maximum atomic E-state index is 9.99. The minimum Gasteiger partial charge on any atom is -0.396 e. The third-order valence-electron chi connectivity index (χ3n) is 3.35. The molecule has 4 nitrogen and oxygen atoms in total. The summed E-state index contributed by atoms with van der Waals surface area (Å²) in [5, 5.41) is 12.2. The van der Waals surface area contributed by atoms with E-state index in [9.17, 15) is 4.79 Å². The Kier molecular flexibility index (Phi) is 13.1. The SMILES string of the molecule is CC1NC=C(CC=O)S1.CN.OCCC1CCCCC1. The summed E-state index contributed by atoms with van der Waals surface area (Å²) in [7, 11) is 1.50. The van der Waals surface area contributed by atoms with Gasteiger partial charge < -0.3 is 21.0 Å². The quantitative estimate of drug-likeness (QED) is 0.696. The van der Waals surface area contributed by atoms with E-state index in [1.54, 1.807) is 11.8 Å². The van der Waals surface area contributed by atoms with E-state index in [4.69, 9.17) is 5.11 Å². The van der Waals surface area contributed by atoms with Crippen molar-refractivity contribution < 1.29 is 9.90 Å². The smallest absolute Gasteiger partial charge is 0.124 e. The third-order valence-corrected chi connectivity index (χ3v) is 4.43. The number of hydrogen-bond acceptors (Lipinski definition) is 5. The lowest BCUT2D eigenvalue weighted by Crippen LogP contribution is -2.09. The highest BCUT2D eigenvalue weighted by molar-refractivity contribution is 8.03. The van der Waals surface area contributed by atoms with Gasteiger partial charge in [-0.15, -0.1) is 11.8 Å². The largest absolute Gasteiger partial charge is 0.396 e. The van der Waals surface area contributed by atoms with Gasteiger partial charge in [0.2, 0.25) is 0 Å². The van der Waals surface area contributed by atoms with Crippen LogP contribution in [0.2, 0.25) is 0 Å². The molecule has 1 atom stereocenters. The van der Waals surface area contributed by atoms with Crippen LogP contribution in [-0.2, 0) is 4.79 Å². The van der Waals surface area contributed by atoms with Crippen LogP contribution < -0.4 is 11.1 Å². The molecule has 0 spiro atoms. The molecule has 20 heavy (non-hydrogen) atoms. The zero-order valence-corrected chi connectivity index (χ0v) is 13.6. The first-order valence-corrected chi connectivity index (χ1v) is 8.38. The van der Waals surface area contributed by atoms with Crippen molar-refractivity contribution >= 4 is 18.0 Å². The standard InChI is InChI=1S/C8H16O.C6H9NOS.CH5N/c9-7-6-8-4-2-1-3-5-8;1-5-7-4-6(9-5)2-3-8;1-2/h8-9H,1-7H2;3-5,7H,2H2,1H3;2H2,1H3. The summed E-state index contributed by atoms with van der Waals surface area (Å²) >= 11 is 1.71. The number of nitrogens with two attached hydrogens (primary N) is 1. The molecule has 0 aromatic rings. The molecule has 0 aromatic carbocycles. The number of aldehydes is 1. The normalized spacial score (nSPS) is 21.6. The lowest BCUT2D eigenvalue weighted by atomic mass is 9.87. The maximum Gasteiger partial charge on any atom is 0.124 e. The first kappa shape index (κ1) is 19.5. The Bertz CT molecular complexity index is 264. The number of carbonyl (C=O) groups excluding carboxylic acids is 1. The minimum atomic E-state index is 0.394. The Balaban J connectivity index is 0.000000321. The van der Waals surface area contributed by atoms with Gasteiger partial charge in [-0.3, -0.25) is 0 Å². The van der Waals surface area contributed by atoms with Gasteiger partial charge in [0.05, 0.1) is 5.37 Å². The highest BCUT2D eigenvalue weighted by Crippen LogP contribution is 2.26. The van der Waals surface area contributed by atoms with Crippen LogP contribution in [0.4, 0.5) is 0 Å². The summed E-state index contributed by atoms with van der Waals surface area (Å²) in [6.45, 7) is 2.46. The van der Waals surface area contributed by atoms with Gasteiger partial charge in [0.15, 0.2) is 0 Å². The van der Waals surface area contributed by atoms with Crippen LogP contribution >= 0.6 is 11.8 Å². The Morgan fingerprint density at radius 2 is 2.05 bits per heavy atom. The molecular weight excluding hydrogens is 272 g/mol. The highest BCUT2D eigenvalue weighted by atomic mass is 32.2. The van der Waals surface area contributed by atoms with Crippen molar-refractivity contribution in [2.24, 2.45) is 11.7 Å². The van der Waals surface area contributed by atoms with Crippen LogP contribution in [0.5, 0.6) is 0 Å². The molecule has 0 bridgehead atoms. The lowest BCUT2D eigenvalue weighted by molar-refractivity contribution is -0.107. The average Bonchev–Trinajstić information content (AvgIpc) is 2.89. The lowest BCUT2D eigenvalue weighted by Gasteiger charge is -2.19. The van der Waals surface area contributed by atoms with Crippen LogP contribution in [0.15, 0.2) is 11.1 Å². The van der Waals surface area contributed by atoms with Gasteiger partial charge in [0.1, 0.15) is 6.29 Å². The van der Waals surface area contributed by atoms with Crippen molar-refractivity contribution in [3.05, 3.63) is 11.1 Å². The van der Waals surface area contributed by atoms with Crippen molar-refractivity contribution in [3.63, 3.8) is 0 Å². The molecule has 1 heterocycles. The van der Waals surface area contributed by atoms with Crippen molar-refractivity contribution in [1.82, 2.24) is 5.32 Å². The monoisotopic (exact) mass is 302 g/mol. The molecule has 2 rings (SSSR count).